The zero-order valence-electron chi connectivity index (χ0n) is 11.6. The van der Waals surface area contributed by atoms with Crippen LogP contribution in [0.5, 0.6) is 0 Å². The van der Waals surface area contributed by atoms with E-state index in [0.29, 0.717) is 12.2 Å². The number of carbonyl (C=O) groups is 1. The van der Waals surface area contributed by atoms with Crippen LogP contribution in [-0.4, -0.2) is 46.3 Å². The number of pyridine rings is 1. The second kappa shape index (κ2) is 5.92. The monoisotopic (exact) mass is 293 g/mol. The van der Waals surface area contributed by atoms with Gasteiger partial charge in [-0.1, -0.05) is 11.6 Å². The first-order valence-electron chi connectivity index (χ1n) is 6.19. The van der Waals surface area contributed by atoms with Gasteiger partial charge in [0, 0.05) is 26.8 Å². The molecule has 0 aliphatic heterocycles. The number of nitrogens with zero attached hydrogens (tertiary/aromatic N) is 5. The Labute approximate surface area is 122 Å². The minimum atomic E-state index is -0.139. The van der Waals surface area contributed by atoms with Crippen molar-refractivity contribution in [2.75, 3.05) is 25.5 Å². The first kappa shape index (κ1) is 14.3. The van der Waals surface area contributed by atoms with Crippen molar-refractivity contribution in [1.82, 2.24) is 19.7 Å². The highest BCUT2D eigenvalue weighted by atomic mass is 35.5. The number of anilines is 1. The van der Waals surface area contributed by atoms with Crippen LogP contribution in [0.3, 0.4) is 0 Å². The normalized spacial score (nSPS) is 10.4. The average Bonchev–Trinajstić information content (AvgIpc) is 2.87. The van der Waals surface area contributed by atoms with Crippen molar-refractivity contribution in [1.29, 1.82) is 0 Å². The number of hydrogen-bond acceptors (Lipinski definition) is 3. The molecule has 0 bridgehead atoms. The molecule has 0 aliphatic rings. The number of carbonyl (C=O) groups excluding carboxylic acids is 1. The van der Waals surface area contributed by atoms with Crippen molar-refractivity contribution in [2.45, 2.75) is 6.92 Å². The first-order valence-corrected chi connectivity index (χ1v) is 6.56. The Bertz CT molecular complexity index is 598. The lowest BCUT2D eigenvalue weighted by Gasteiger charge is -2.22. The number of rotatable bonds is 3. The summed E-state index contributed by atoms with van der Waals surface area (Å²) in [6.45, 7) is 2.53. The van der Waals surface area contributed by atoms with Crippen molar-refractivity contribution in [2.24, 2.45) is 0 Å². The van der Waals surface area contributed by atoms with Gasteiger partial charge in [-0.2, -0.15) is 5.10 Å². The van der Waals surface area contributed by atoms with Gasteiger partial charge in [-0.15, -0.1) is 0 Å². The van der Waals surface area contributed by atoms with Crippen molar-refractivity contribution in [3.63, 3.8) is 0 Å². The average molecular weight is 294 g/mol. The van der Waals surface area contributed by atoms with Crippen LogP contribution in [0.25, 0.3) is 5.69 Å². The van der Waals surface area contributed by atoms with Crippen molar-refractivity contribution >= 4 is 23.3 Å². The number of halogens is 1. The van der Waals surface area contributed by atoms with Crippen molar-refractivity contribution in [3.8, 4) is 5.69 Å². The second-order valence-corrected chi connectivity index (χ2v) is 4.67. The Balaban J connectivity index is 2.30. The summed E-state index contributed by atoms with van der Waals surface area (Å²) < 4.78 is 1.60. The molecule has 0 radical (unpaired) electrons. The molecule has 2 heterocycles. The molecule has 6 nitrogen and oxygen atoms in total. The van der Waals surface area contributed by atoms with Crippen LogP contribution in [0, 0.1) is 0 Å². The van der Waals surface area contributed by atoms with Crippen LogP contribution in [0.15, 0.2) is 30.7 Å². The molecule has 7 heteroatoms. The van der Waals surface area contributed by atoms with Crippen LogP contribution < -0.4 is 4.90 Å². The molecular weight excluding hydrogens is 278 g/mol. The van der Waals surface area contributed by atoms with Gasteiger partial charge in [-0.25, -0.2) is 9.48 Å². The zero-order chi connectivity index (χ0) is 14.7. The molecule has 20 heavy (non-hydrogen) atoms. The van der Waals surface area contributed by atoms with Crippen LogP contribution in [0.1, 0.15) is 6.92 Å². The molecule has 0 aromatic carbocycles. The molecule has 2 aromatic rings. The standard InChI is InChI=1S/C13H16ClN5O/c1-4-17(2)13(20)18(3)11-9-19(16-12(11)14)10-6-5-7-15-8-10/h5-9H,4H2,1-3H3. The van der Waals surface area contributed by atoms with Gasteiger partial charge in [-0.05, 0) is 19.1 Å². The first-order chi connectivity index (χ1) is 9.54. The van der Waals surface area contributed by atoms with E-state index >= 15 is 0 Å². The lowest BCUT2D eigenvalue weighted by molar-refractivity contribution is 0.219. The van der Waals surface area contributed by atoms with E-state index in [1.54, 1.807) is 42.3 Å². The molecule has 0 N–H and O–H groups in total. The third-order valence-corrected chi connectivity index (χ3v) is 3.28. The fourth-order valence-electron chi connectivity index (χ4n) is 1.68. The number of aromatic nitrogens is 3. The van der Waals surface area contributed by atoms with Gasteiger partial charge in [0.05, 0.1) is 18.1 Å². The van der Waals surface area contributed by atoms with E-state index < -0.39 is 0 Å². The molecule has 2 rings (SSSR count). The Hall–Kier alpha value is -2.08. The minimum absolute atomic E-state index is 0.139. The summed E-state index contributed by atoms with van der Waals surface area (Å²) in [6.07, 6.45) is 5.06. The molecule has 0 unspecified atom stereocenters. The summed E-state index contributed by atoms with van der Waals surface area (Å²) >= 11 is 6.12. The van der Waals surface area contributed by atoms with Gasteiger partial charge in [0.1, 0.15) is 5.69 Å². The maximum atomic E-state index is 12.1. The van der Waals surface area contributed by atoms with Gasteiger partial charge in [0.15, 0.2) is 5.15 Å². The van der Waals surface area contributed by atoms with Gasteiger partial charge in [0.25, 0.3) is 0 Å². The van der Waals surface area contributed by atoms with Crippen LogP contribution in [0.4, 0.5) is 10.5 Å². The largest absolute Gasteiger partial charge is 0.328 e. The van der Waals surface area contributed by atoms with E-state index in [-0.39, 0.29) is 11.2 Å². The maximum absolute atomic E-state index is 12.1. The second-order valence-electron chi connectivity index (χ2n) is 4.32. The summed E-state index contributed by atoms with van der Waals surface area (Å²) in [7, 11) is 3.41. The summed E-state index contributed by atoms with van der Waals surface area (Å²) in [5, 5.41) is 4.47. The number of hydrogen-bond donors (Lipinski definition) is 0. The van der Waals surface area contributed by atoms with Gasteiger partial charge in [-0.3, -0.25) is 9.88 Å². The third kappa shape index (κ3) is 2.75. The number of amides is 2. The fraction of sp³-hybridized carbons (Fsp3) is 0.308. The van der Waals surface area contributed by atoms with Gasteiger partial charge >= 0.3 is 6.03 Å². The third-order valence-electron chi connectivity index (χ3n) is 3.01. The lowest BCUT2D eigenvalue weighted by Crippen LogP contribution is -2.38. The highest BCUT2D eigenvalue weighted by Gasteiger charge is 2.20. The molecule has 0 saturated carbocycles. The maximum Gasteiger partial charge on any atom is 0.324 e. The molecule has 2 amide bonds. The van der Waals surface area contributed by atoms with Crippen LogP contribution >= 0.6 is 11.6 Å². The van der Waals surface area contributed by atoms with Crippen LogP contribution in [0.2, 0.25) is 5.15 Å². The molecule has 0 saturated heterocycles. The van der Waals surface area contributed by atoms with E-state index in [4.69, 9.17) is 11.6 Å². The summed E-state index contributed by atoms with van der Waals surface area (Å²) in [5.74, 6) is 0. The lowest BCUT2D eigenvalue weighted by atomic mass is 10.4. The number of urea groups is 1. The molecule has 106 valence electrons. The topological polar surface area (TPSA) is 54.3 Å². The summed E-state index contributed by atoms with van der Waals surface area (Å²) in [6, 6.07) is 3.53. The minimum Gasteiger partial charge on any atom is -0.328 e. The zero-order valence-corrected chi connectivity index (χ0v) is 12.4. The van der Waals surface area contributed by atoms with E-state index in [2.05, 4.69) is 10.1 Å². The molecule has 0 aliphatic carbocycles. The molecule has 0 spiro atoms. The van der Waals surface area contributed by atoms with E-state index in [1.165, 1.54) is 4.90 Å². The molecule has 0 atom stereocenters. The van der Waals surface area contributed by atoms with E-state index in [0.717, 1.165) is 5.69 Å². The highest BCUT2D eigenvalue weighted by Crippen LogP contribution is 2.25. The Morgan fingerprint density at radius 1 is 1.45 bits per heavy atom. The SMILES string of the molecule is CCN(C)C(=O)N(C)c1cn(-c2cccnc2)nc1Cl. The predicted octanol–water partition coefficient (Wildman–Crippen LogP) is 2.43. The van der Waals surface area contributed by atoms with E-state index in [1.807, 2.05) is 19.1 Å². The Morgan fingerprint density at radius 2 is 2.20 bits per heavy atom. The molecule has 2 aromatic heterocycles. The van der Waals surface area contributed by atoms with E-state index in [9.17, 15) is 4.79 Å². The fourth-order valence-corrected chi connectivity index (χ4v) is 1.94. The Morgan fingerprint density at radius 3 is 2.80 bits per heavy atom. The van der Waals surface area contributed by atoms with Crippen molar-refractivity contribution in [3.05, 3.63) is 35.9 Å². The molecular formula is C13H16ClN5O. The van der Waals surface area contributed by atoms with Crippen LogP contribution in [-0.2, 0) is 0 Å². The predicted molar refractivity (Wildman–Crippen MR) is 78.5 cm³/mol. The van der Waals surface area contributed by atoms with Crippen molar-refractivity contribution < 1.29 is 4.79 Å². The highest BCUT2D eigenvalue weighted by molar-refractivity contribution is 6.32. The molecule has 0 fully saturated rings. The Kier molecular flexibility index (Phi) is 4.24. The summed E-state index contributed by atoms with van der Waals surface area (Å²) in [4.78, 5) is 19.2. The smallest absolute Gasteiger partial charge is 0.324 e. The van der Waals surface area contributed by atoms with Gasteiger partial charge < -0.3 is 4.90 Å². The van der Waals surface area contributed by atoms with Gasteiger partial charge in [0.2, 0.25) is 0 Å². The quantitative estimate of drug-likeness (QED) is 0.873. The summed E-state index contributed by atoms with van der Waals surface area (Å²) in [5.41, 5.74) is 1.34.